The standard InChI is InChI=1S/C14H19IO2/c1-16-13-4-2-3-12(9-13)14(10-15)17-8-7-11-5-6-11/h2-4,9,11,14H,5-8,10H2,1H3. The molecule has 1 aliphatic carbocycles. The maximum absolute atomic E-state index is 5.96. The third-order valence-electron chi connectivity index (χ3n) is 3.15. The molecule has 17 heavy (non-hydrogen) atoms. The van der Waals surface area contributed by atoms with Crippen LogP contribution in [0.1, 0.15) is 30.9 Å². The number of alkyl halides is 1. The molecule has 0 N–H and O–H groups in total. The average molecular weight is 346 g/mol. The summed E-state index contributed by atoms with van der Waals surface area (Å²) >= 11 is 2.38. The predicted octanol–water partition coefficient (Wildman–Crippen LogP) is 3.99. The predicted molar refractivity (Wildman–Crippen MR) is 77.9 cm³/mol. The van der Waals surface area contributed by atoms with Crippen LogP contribution in [0.4, 0.5) is 0 Å². The van der Waals surface area contributed by atoms with Gasteiger partial charge in [0.15, 0.2) is 0 Å². The summed E-state index contributed by atoms with van der Waals surface area (Å²) in [5.74, 6) is 1.85. The third kappa shape index (κ3) is 4.14. The van der Waals surface area contributed by atoms with E-state index in [0.717, 1.165) is 22.7 Å². The van der Waals surface area contributed by atoms with Gasteiger partial charge in [0.1, 0.15) is 5.75 Å². The van der Waals surface area contributed by atoms with Crippen LogP contribution >= 0.6 is 22.6 Å². The maximum Gasteiger partial charge on any atom is 0.119 e. The number of methoxy groups -OCH3 is 1. The molecule has 0 bridgehead atoms. The van der Waals surface area contributed by atoms with Crippen LogP contribution in [0.3, 0.4) is 0 Å². The van der Waals surface area contributed by atoms with Crippen LogP contribution in [0, 0.1) is 5.92 Å². The molecule has 2 nitrogen and oxygen atoms in total. The van der Waals surface area contributed by atoms with Crippen LogP contribution < -0.4 is 4.74 Å². The average Bonchev–Trinajstić information content (AvgIpc) is 3.19. The van der Waals surface area contributed by atoms with E-state index in [1.807, 2.05) is 12.1 Å². The van der Waals surface area contributed by atoms with Crippen LogP contribution in [0.25, 0.3) is 0 Å². The minimum absolute atomic E-state index is 0.199. The smallest absolute Gasteiger partial charge is 0.119 e. The second-order valence-electron chi connectivity index (χ2n) is 4.52. The minimum atomic E-state index is 0.199. The molecule has 0 amide bonds. The Balaban J connectivity index is 1.89. The molecule has 0 radical (unpaired) electrons. The second kappa shape index (κ2) is 6.59. The Morgan fingerprint density at radius 3 is 2.88 bits per heavy atom. The molecule has 1 unspecified atom stereocenters. The van der Waals surface area contributed by atoms with Crippen LogP contribution in [0.2, 0.25) is 0 Å². The quantitative estimate of drug-likeness (QED) is 0.549. The molecule has 2 rings (SSSR count). The zero-order valence-electron chi connectivity index (χ0n) is 10.2. The Morgan fingerprint density at radius 2 is 2.24 bits per heavy atom. The molecular formula is C14H19IO2. The van der Waals surface area contributed by atoms with Gasteiger partial charge in [-0.1, -0.05) is 47.6 Å². The van der Waals surface area contributed by atoms with Gasteiger partial charge in [0, 0.05) is 11.0 Å². The molecule has 0 saturated heterocycles. The van der Waals surface area contributed by atoms with Crippen molar-refractivity contribution in [2.45, 2.75) is 25.4 Å². The fourth-order valence-electron chi connectivity index (χ4n) is 1.86. The zero-order chi connectivity index (χ0) is 12.1. The van der Waals surface area contributed by atoms with E-state index in [2.05, 4.69) is 34.7 Å². The molecule has 1 fully saturated rings. The van der Waals surface area contributed by atoms with Crippen LogP contribution in [0.15, 0.2) is 24.3 Å². The lowest BCUT2D eigenvalue weighted by atomic mass is 10.1. The summed E-state index contributed by atoms with van der Waals surface area (Å²) in [6, 6.07) is 8.18. The summed E-state index contributed by atoms with van der Waals surface area (Å²) in [5, 5.41) is 0. The molecular weight excluding hydrogens is 327 g/mol. The molecule has 1 saturated carbocycles. The van der Waals surface area contributed by atoms with Crippen molar-refractivity contribution < 1.29 is 9.47 Å². The van der Waals surface area contributed by atoms with Gasteiger partial charge in [0.05, 0.1) is 13.2 Å². The van der Waals surface area contributed by atoms with Gasteiger partial charge in [-0.15, -0.1) is 0 Å². The van der Waals surface area contributed by atoms with Crippen LogP contribution in [-0.2, 0) is 4.74 Å². The fourth-order valence-corrected chi connectivity index (χ4v) is 2.62. The molecule has 94 valence electrons. The number of ether oxygens (including phenoxy) is 2. The molecule has 0 spiro atoms. The Hall–Kier alpha value is -0.290. The van der Waals surface area contributed by atoms with Crippen molar-refractivity contribution in [2.24, 2.45) is 5.92 Å². The largest absolute Gasteiger partial charge is 0.497 e. The Bertz CT molecular complexity index is 350. The Kier molecular flexibility index (Phi) is 5.10. The summed E-state index contributed by atoms with van der Waals surface area (Å²) in [7, 11) is 1.70. The number of halogens is 1. The molecule has 1 aromatic carbocycles. The summed E-state index contributed by atoms with van der Waals surface area (Å²) in [6.45, 7) is 0.884. The number of hydrogen-bond donors (Lipinski definition) is 0. The number of hydrogen-bond acceptors (Lipinski definition) is 2. The van der Waals surface area contributed by atoms with Gasteiger partial charge in [-0.3, -0.25) is 0 Å². The lowest BCUT2D eigenvalue weighted by Crippen LogP contribution is -2.07. The van der Waals surface area contributed by atoms with Gasteiger partial charge >= 0.3 is 0 Å². The van der Waals surface area contributed by atoms with Crippen molar-refractivity contribution in [2.75, 3.05) is 18.1 Å². The van der Waals surface area contributed by atoms with Crippen molar-refractivity contribution in [1.82, 2.24) is 0 Å². The highest BCUT2D eigenvalue weighted by atomic mass is 127. The first-order valence-electron chi connectivity index (χ1n) is 6.15. The fraction of sp³-hybridized carbons (Fsp3) is 0.571. The van der Waals surface area contributed by atoms with Gasteiger partial charge in [-0.2, -0.15) is 0 Å². The summed E-state index contributed by atoms with van der Waals surface area (Å²) in [4.78, 5) is 0. The molecule has 0 aromatic heterocycles. The van der Waals surface area contributed by atoms with E-state index in [0.29, 0.717) is 0 Å². The van der Waals surface area contributed by atoms with Crippen LogP contribution in [0.5, 0.6) is 5.75 Å². The van der Waals surface area contributed by atoms with Crippen LogP contribution in [-0.4, -0.2) is 18.1 Å². The molecule has 1 atom stereocenters. The van der Waals surface area contributed by atoms with Crippen molar-refractivity contribution in [3.8, 4) is 5.75 Å². The monoisotopic (exact) mass is 346 g/mol. The first-order chi connectivity index (χ1) is 8.33. The van der Waals surface area contributed by atoms with Gasteiger partial charge in [-0.05, 0) is 30.0 Å². The topological polar surface area (TPSA) is 18.5 Å². The lowest BCUT2D eigenvalue weighted by molar-refractivity contribution is 0.0664. The maximum atomic E-state index is 5.96. The highest BCUT2D eigenvalue weighted by molar-refractivity contribution is 14.1. The molecule has 1 aliphatic rings. The minimum Gasteiger partial charge on any atom is -0.497 e. The Morgan fingerprint density at radius 1 is 1.41 bits per heavy atom. The summed E-state index contributed by atoms with van der Waals surface area (Å²) in [6.07, 6.45) is 4.22. The molecule has 3 heteroatoms. The lowest BCUT2D eigenvalue weighted by Gasteiger charge is -2.16. The SMILES string of the molecule is COc1cccc(C(CI)OCCC2CC2)c1. The Labute approximate surface area is 117 Å². The normalized spacial score (nSPS) is 16.8. The van der Waals surface area contributed by atoms with Crippen molar-refractivity contribution >= 4 is 22.6 Å². The molecule has 0 aliphatic heterocycles. The van der Waals surface area contributed by atoms with Crippen molar-refractivity contribution in [3.05, 3.63) is 29.8 Å². The van der Waals surface area contributed by atoms with Gasteiger partial charge < -0.3 is 9.47 Å². The summed E-state index contributed by atoms with van der Waals surface area (Å²) < 4.78 is 12.2. The van der Waals surface area contributed by atoms with Crippen molar-refractivity contribution in [1.29, 1.82) is 0 Å². The van der Waals surface area contributed by atoms with Gasteiger partial charge in [0.25, 0.3) is 0 Å². The van der Waals surface area contributed by atoms with Gasteiger partial charge in [0.2, 0.25) is 0 Å². The van der Waals surface area contributed by atoms with Gasteiger partial charge in [-0.25, -0.2) is 0 Å². The van der Waals surface area contributed by atoms with E-state index >= 15 is 0 Å². The second-order valence-corrected chi connectivity index (χ2v) is 5.40. The van der Waals surface area contributed by atoms with E-state index in [1.165, 1.54) is 24.8 Å². The zero-order valence-corrected chi connectivity index (χ0v) is 12.4. The van der Waals surface area contributed by atoms with Crippen molar-refractivity contribution in [3.63, 3.8) is 0 Å². The first kappa shape index (κ1) is 13.1. The van der Waals surface area contributed by atoms with E-state index in [1.54, 1.807) is 7.11 Å². The van der Waals surface area contributed by atoms with E-state index in [9.17, 15) is 0 Å². The molecule has 1 aromatic rings. The van der Waals surface area contributed by atoms with E-state index in [4.69, 9.17) is 9.47 Å². The number of benzene rings is 1. The first-order valence-corrected chi connectivity index (χ1v) is 7.67. The highest BCUT2D eigenvalue weighted by Crippen LogP contribution is 2.33. The van der Waals surface area contributed by atoms with E-state index < -0.39 is 0 Å². The third-order valence-corrected chi connectivity index (χ3v) is 3.95. The number of rotatable bonds is 7. The highest BCUT2D eigenvalue weighted by Gasteiger charge is 2.21. The molecule has 0 heterocycles. The van der Waals surface area contributed by atoms with E-state index in [-0.39, 0.29) is 6.10 Å². The summed E-state index contributed by atoms with van der Waals surface area (Å²) in [5.41, 5.74) is 1.22.